The summed E-state index contributed by atoms with van der Waals surface area (Å²) in [6, 6.07) is 16.0. The molecule has 2 aromatic carbocycles. The van der Waals surface area contributed by atoms with Gasteiger partial charge in [0.15, 0.2) is 5.96 Å². The molecule has 0 bridgehead atoms. The number of ether oxygens (including phenoxy) is 1. The highest BCUT2D eigenvalue weighted by Crippen LogP contribution is 2.10. The lowest BCUT2D eigenvalue weighted by Gasteiger charge is -2.14. The average molecular weight is 354 g/mol. The Balaban J connectivity index is 1.86. The van der Waals surface area contributed by atoms with E-state index in [1.807, 2.05) is 24.3 Å². The smallest absolute Gasteiger partial charge is 0.411 e. The second-order valence-electron chi connectivity index (χ2n) is 5.72. The number of anilines is 1. The molecular formula is C20H26N4O2. The molecule has 0 radical (unpaired) electrons. The molecule has 138 valence electrons. The molecule has 6 heteroatoms. The quantitative estimate of drug-likeness (QED) is 0.550. The number of aliphatic imine (C=N–C) groups is 1. The maximum atomic E-state index is 11.2. The van der Waals surface area contributed by atoms with Crippen LogP contribution in [0.15, 0.2) is 53.5 Å². The number of aryl methyl sites for hydroxylation is 1. The van der Waals surface area contributed by atoms with E-state index in [9.17, 15) is 4.79 Å². The predicted octanol–water partition coefficient (Wildman–Crippen LogP) is 3.29. The van der Waals surface area contributed by atoms with Gasteiger partial charge >= 0.3 is 6.09 Å². The van der Waals surface area contributed by atoms with E-state index in [2.05, 4.69) is 56.9 Å². The Morgan fingerprint density at radius 1 is 1.00 bits per heavy atom. The highest BCUT2D eigenvalue weighted by Gasteiger charge is 2.03. The Bertz CT molecular complexity index is 742. The van der Waals surface area contributed by atoms with Crippen LogP contribution in [0.25, 0.3) is 0 Å². The molecule has 1 amide bonds. The van der Waals surface area contributed by atoms with E-state index >= 15 is 0 Å². The Morgan fingerprint density at radius 2 is 1.65 bits per heavy atom. The van der Waals surface area contributed by atoms with Gasteiger partial charge in [0.2, 0.25) is 0 Å². The van der Waals surface area contributed by atoms with Gasteiger partial charge in [-0.2, -0.15) is 0 Å². The van der Waals surface area contributed by atoms with E-state index in [0.717, 1.165) is 24.5 Å². The van der Waals surface area contributed by atoms with Crippen LogP contribution >= 0.6 is 0 Å². The first-order valence-corrected chi connectivity index (χ1v) is 8.61. The molecule has 0 fully saturated rings. The lowest BCUT2D eigenvalue weighted by atomic mass is 10.1. The van der Waals surface area contributed by atoms with Crippen LogP contribution in [-0.2, 0) is 24.2 Å². The maximum absolute atomic E-state index is 11.2. The van der Waals surface area contributed by atoms with Gasteiger partial charge in [0.1, 0.15) is 0 Å². The Labute approximate surface area is 154 Å². The highest BCUT2D eigenvalue weighted by molar-refractivity contribution is 5.84. The molecule has 0 saturated heterocycles. The fourth-order valence-corrected chi connectivity index (χ4v) is 2.54. The molecule has 2 aromatic rings. The number of hydrogen-bond donors (Lipinski definition) is 3. The number of nitrogens with zero attached hydrogens (tertiary/aromatic N) is 1. The number of guanidine groups is 1. The molecule has 0 aromatic heterocycles. The van der Waals surface area contributed by atoms with Crippen LogP contribution in [0.5, 0.6) is 0 Å². The number of rotatable bonds is 6. The summed E-state index contributed by atoms with van der Waals surface area (Å²) in [4.78, 5) is 15.4. The minimum absolute atomic E-state index is 0.479. The van der Waals surface area contributed by atoms with E-state index in [1.165, 1.54) is 18.2 Å². The van der Waals surface area contributed by atoms with Crippen LogP contribution in [-0.4, -0.2) is 26.2 Å². The Morgan fingerprint density at radius 3 is 2.27 bits per heavy atom. The van der Waals surface area contributed by atoms with Crippen molar-refractivity contribution in [2.45, 2.75) is 26.4 Å². The lowest BCUT2D eigenvalue weighted by Crippen LogP contribution is -2.36. The number of hydrogen-bond acceptors (Lipinski definition) is 3. The average Bonchev–Trinajstić information content (AvgIpc) is 2.69. The van der Waals surface area contributed by atoms with Crippen molar-refractivity contribution in [3.63, 3.8) is 0 Å². The van der Waals surface area contributed by atoms with Crippen LogP contribution in [0.4, 0.5) is 10.5 Å². The number of methoxy groups -OCH3 is 1. The number of carbonyl (C=O) groups excluding carboxylic acids is 1. The summed E-state index contributed by atoms with van der Waals surface area (Å²) in [6.07, 6.45) is 0.531. The van der Waals surface area contributed by atoms with Crippen molar-refractivity contribution >= 4 is 17.7 Å². The van der Waals surface area contributed by atoms with Crippen LogP contribution in [0, 0.1) is 0 Å². The van der Waals surface area contributed by atoms with Gasteiger partial charge in [-0.1, -0.05) is 43.3 Å². The Kier molecular flexibility index (Phi) is 7.49. The third-order valence-electron chi connectivity index (χ3n) is 4.01. The van der Waals surface area contributed by atoms with Crippen LogP contribution in [0.1, 0.15) is 23.6 Å². The topological polar surface area (TPSA) is 74.8 Å². The molecule has 2 rings (SSSR count). The molecule has 0 aliphatic carbocycles. The highest BCUT2D eigenvalue weighted by atomic mass is 16.5. The fourth-order valence-electron chi connectivity index (χ4n) is 2.54. The van der Waals surface area contributed by atoms with Gasteiger partial charge in [0.25, 0.3) is 0 Å². The zero-order valence-corrected chi connectivity index (χ0v) is 15.5. The van der Waals surface area contributed by atoms with Crippen molar-refractivity contribution in [1.82, 2.24) is 10.6 Å². The summed E-state index contributed by atoms with van der Waals surface area (Å²) in [5.41, 5.74) is 4.39. The molecule has 0 aliphatic heterocycles. The molecule has 0 aliphatic rings. The zero-order chi connectivity index (χ0) is 18.8. The summed E-state index contributed by atoms with van der Waals surface area (Å²) in [6.45, 7) is 3.52. The first kappa shape index (κ1) is 19.3. The van der Waals surface area contributed by atoms with Crippen molar-refractivity contribution in [1.29, 1.82) is 0 Å². The van der Waals surface area contributed by atoms with Crippen LogP contribution in [0.2, 0.25) is 0 Å². The van der Waals surface area contributed by atoms with Crippen molar-refractivity contribution in [2.24, 2.45) is 4.99 Å². The molecule has 26 heavy (non-hydrogen) atoms. The van der Waals surface area contributed by atoms with Gasteiger partial charge in [-0.25, -0.2) is 4.79 Å². The molecule has 6 nitrogen and oxygen atoms in total. The molecule has 0 unspecified atom stereocenters. The monoisotopic (exact) mass is 354 g/mol. The van der Waals surface area contributed by atoms with Gasteiger partial charge in [-0.15, -0.1) is 0 Å². The number of amides is 1. The predicted molar refractivity (Wildman–Crippen MR) is 105 cm³/mol. The van der Waals surface area contributed by atoms with Gasteiger partial charge in [-0.05, 0) is 35.2 Å². The maximum Gasteiger partial charge on any atom is 0.411 e. The van der Waals surface area contributed by atoms with Crippen molar-refractivity contribution < 1.29 is 9.53 Å². The molecular weight excluding hydrogens is 328 g/mol. The molecule has 3 N–H and O–H groups in total. The van der Waals surface area contributed by atoms with Crippen LogP contribution < -0.4 is 16.0 Å². The second kappa shape index (κ2) is 10.1. The van der Waals surface area contributed by atoms with E-state index in [4.69, 9.17) is 0 Å². The van der Waals surface area contributed by atoms with Crippen LogP contribution in [0.3, 0.4) is 0 Å². The standard InChI is InChI=1S/C20H26N4O2/c1-4-16-7-5-6-8-17(16)14-23-19(21-2)22-13-15-9-11-18(12-10-15)24-20(25)26-3/h5-12H,4,13-14H2,1-3H3,(H,24,25)(H2,21,22,23). The zero-order valence-electron chi connectivity index (χ0n) is 15.5. The van der Waals surface area contributed by atoms with Gasteiger partial charge < -0.3 is 15.4 Å². The molecule has 0 atom stereocenters. The minimum atomic E-state index is -0.479. The SMILES string of the molecule is CCc1ccccc1CNC(=NC)NCc1ccc(NC(=O)OC)cc1. The molecule has 0 heterocycles. The number of benzene rings is 2. The van der Waals surface area contributed by atoms with Gasteiger partial charge in [-0.3, -0.25) is 10.3 Å². The van der Waals surface area contributed by atoms with Gasteiger partial charge in [0, 0.05) is 25.8 Å². The van der Waals surface area contributed by atoms with E-state index in [0.29, 0.717) is 12.2 Å². The third kappa shape index (κ3) is 5.81. The minimum Gasteiger partial charge on any atom is -0.453 e. The first-order chi connectivity index (χ1) is 12.7. The van der Waals surface area contributed by atoms with E-state index in [1.54, 1.807) is 7.05 Å². The summed E-state index contributed by atoms with van der Waals surface area (Å²) >= 11 is 0. The number of nitrogens with one attached hydrogen (secondary N) is 3. The molecule has 0 saturated carbocycles. The normalized spacial score (nSPS) is 11.0. The fraction of sp³-hybridized carbons (Fsp3) is 0.300. The molecule has 0 spiro atoms. The number of carbonyl (C=O) groups is 1. The van der Waals surface area contributed by atoms with Gasteiger partial charge in [0.05, 0.1) is 7.11 Å². The van der Waals surface area contributed by atoms with Crippen molar-refractivity contribution in [3.8, 4) is 0 Å². The summed E-state index contributed by atoms with van der Waals surface area (Å²) in [7, 11) is 3.09. The summed E-state index contributed by atoms with van der Waals surface area (Å²) in [5.74, 6) is 0.743. The van der Waals surface area contributed by atoms with Crippen molar-refractivity contribution in [3.05, 3.63) is 65.2 Å². The lowest BCUT2D eigenvalue weighted by molar-refractivity contribution is 0.187. The summed E-state index contributed by atoms with van der Waals surface area (Å²) < 4.78 is 4.57. The second-order valence-corrected chi connectivity index (χ2v) is 5.72. The largest absolute Gasteiger partial charge is 0.453 e. The summed E-state index contributed by atoms with van der Waals surface area (Å²) in [5, 5.41) is 9.26. The third-order valence-corrected chi connectivity index (χ3v) is 4.01. The Hall–Kier alpha value is -3.02. The first-order valence-electron chi connectivity index (χ1n) is 8.61. The van der Waals surface area contributed by atoms with E-state index in [-0.39, 0.29) is 0 Å². The van der Waals surface area contributed by atoms with Crippen molar-refractivity contribution in [2.75, 3.05) is 19.5 Å². The van der Waals surface area contributed by atoms with E-state index < -0.39 is 6.09 Å².